The molecule has 1 aromatic carbocycles. The molecule has 0 saturated heterocycles. The van der Waals surface area contributed by atoms with Crippen molar-refractivity contribution in [2.75, 3.05) is 30.5 Å². The first-order valence-corrected chi connectivity index (χ1v) is 13.5. The van der Waals surface area contributed by atoms with Crippen LogP contribution in [-0.2, 0) is 25.7 Å². The molecule has 2 rings (SSSR count). The van der Waals surface area contributed by atoms with Crippen LogP contribution in [0.15, 0.2) is 21.1 Å². The van der Waals surface area contributed by atoms with E-state index in [1.165, 1.54) is 57.9 Å². The van der Waals surface area contributed by atoms with Crippen molar-refractivity contribution in [3.8, 4) is 0 Å². The summed E-state index contributed by atoms with van der Waals surface area (Å²) in [7, 11) is 1.27. The largest absolute Gasteiger partial charge is 0.467 e. The van der Waals surface area contributed by atoms with Crippen LogP contribution in [0.1, 0.15) is 44.6 Å². The molecular formula is C22H31Br2N3O4S. The van der Waals surface area contributed by atoms with Crippen LogP contribution in [0, 0.1) is 5.92 Å². The predicted octanol–water partition coefficient (Wildman–Crippen LogP) is 4.23. The number of anilines is 1. The van der Waals surface area contributed by atoms with Gasteiger partial charge < -0.3 is 20.7 Å². The van der Waals surface area contributed by atoms with Gasteiger partial charge in [-0.1, -0.05) is 35.2 Å². The van der Waals surface area contributed by atoms with Crippen LogP contribution in [-0.4, -0.2) is 49.0 Å². The van der Waals surface area contributed by atoms with Gasteiger partial charge in [0.25, 0.3) is 0 Å². The number of hydrogen-bond donors (Lipinski definition) is 3. The van der Waals surface area contributed by atoms with Crippen molar-refractivity contribution >= 4 is 67.1 Å². The number of nitrogens with one attached hydrogen (secondary N) is 3. The van der Waals surface area contributed by atoms with E-state index in [0.717, 1.165) is 32.7 Å². The van der Waals surface area contributed by atoms with E-state index in [0.29, 0.717) is 6.54 Å². The van der Waals surface area contributed by atoms with Crippen LogP contribution < -0.4 is 16.0 Å². The SMILES string of the molecule is COC(=O)[C@H](CSCC(=O)Nc1c(Br)cc(Br)cc1CNCC1CCCCC1)NC(C)=O. The average molecular weight is 593 g/mol. The Bertz CT molecular complexity index is 804. The third-order valence-electron chi connectivity index (χ3n) is 5.26. The lowest BCUT2D eigenvalue weighted by molar-refractivity contribution is -0.144. The number of carbonyl (C=O) groups is 3. The molecule has 0 spiro atoms. The fourth-order valence-corrected chi connectivity index (χ4v) is 5.95. The monoisotopic (exact) mass is 591 g/mol. The van der Waals surface area contributed by atoms with Crippen LogP contribution in [0.2, 0.25) is 0 Å². The second-order valence-electron chi connectivity index (χ2n) is 7.90. The first-order valence-electron chi connectivity index (χ1n) is 10.7. The Morgan fingerprint density at radius 1 is 1.19 bits per heavy atom. The topological polar surface area (TPSA) is 96.5 Å². The highest BCUT2D eigenvalue weighted by Gasteiger charge is 2.21. The van der Waals surface area contributed by atoms with E-state index in [-0.39, 0.29) is 23.3 Å². The summed E-state index contributed by atoms with van der Waals surface area (Å²) in [5.41, 5.74) is 1.73. The van der Waals surface area contributed by atoms with Gasteiger partial charge in [-0.15, -0.1) is 11.8 Å². The van der Waals surface area contributed by atoms with Crippen molar-refractivity contribution in [1.82, 2.24) is 10.6 Å². The summed E-state index contributed by atoms with van der Waals surface area (Å²) in [4.78, 5) is 35.6. The average Bonchev–Trinajstić information content (AvgIpc) is 2.75. The Hall–Kier alpha value is -1.10. The summed E-state index contributed by atoms with van der Waals surface area (Å²) in [5.74, 6) is 0.0736. The third kappa shape index (κ3) is 9.41. The highest BCUT2D eigenvalue weighted by molar-refractivity contribution is 9.11. The van der Waals surface area contributed by atoms with Gasteiger partial charge in [-0.05, 0) is 58.9 Å². The van der Waals surface area contributed by atoms with Crippen LogP contribution >= 0.6 is 43.6 Å². The number of methoxy groups -OCH3 is 1. The summed E-state index contributed by atoms with van der Waals surface area (Å²) in [5, 5.41) is 9.07. The Morgan fingerprint density at radius 3 is 2.56 bits per heavy atom. The number of thioether (sulfide) groups is 1. The zero-order chi connectivity index (χ0) is 23.5. The number of amides is 2. The number of hydrogen-bond acceptors (Lipinski definition) is 6. The van der Waals surface area contributed by atoms with Gasteiger partial charge in [0.2, 0.25) is 11.8 Å². The lowest BCUT2D eigenvalue weighted by Gasteiger charge is -2.22. The van der Waals surface area contributed by atoms with Crippen molar-refractivity contribution in [2.24, 2.45) is 5.92 Å². The first-order chi connectivity index (χ1) is 15.3. The molecule has 0 unspecified atom stereocenters. The summed E-state index contributed by atoms with van der Waals surface area (Å²) >= 11 is 8.34. The van der Waals surface area contributed by atoms with Gasteiger partial charge in [-0.3, -0.25) is 9.59 Å². The maximum atomic E-state index is 12.6. The molecule has 0 radical (unpaired) electrons. The molecule has 10 heteroatoms. The Labute approximate surface area is 210 Å². The molecule has 1 aromatic rings. The van der Waals surface area contributed by atoms with Crippen LogP contribution in [0.4, 0.5) is 5.69 Å². The molecule has 0 bridgehead atoms. The molecule has 1 fully saturated rings. The molecule has 1 atom stereocenters. The minimum absolute atomic E-state index is 0.143. The second kappa shape index (κ2) is 14.2. The number of halogens is 2. The maximum Gasteiger partial charge on any atom is 0.329 e. The standard InChI is InChI=1S/C22H31Br2N3O4S/c1-14(28)26-19(22(30)31-2)12-32-13-20(29)27-21-16(8-17(23)9-18(21)24)11-25-10-15-6-4-3-5-7-15/h8-9,15,19,25H,3-7,10-13H2,1-2H3,(H,26,28)(H,27,29)/t19-/m0/s1. The van der Waals surface area contributed by atoms with Gasteiger partial charge in [0.05, 0.1) is 18.6 Å². The summed E-state index contributed by atoms with van der Waals surface area (Å²) in [6, 6.07) is 3.12. The minimum atomic E-state index is -0.783. The minimum Gasteiger partial charge on any atom is -0.467 e. The van der Waals surface area contributed by atoms with Crippen molar-refractivity contribution in [3.63, 3.8) is 0 Å². The highest BCUT2D eigenvalue weighted by atomic mass is 79.9. The van der Waals surface area contributed by atoms with Gasteiger partial charge in [0.15, 0.2) is 0 Å². The van der Waals surface area contributed by atoms with Crippen LogP contribution in [0.5, 0.6) is 0 Å². The van der Waals surface area contributed by atoms with E-state index in [1.807, 2.05) is 12.1 Å². The molecule has 2 amide bonds. The molecule has 3 N–H and O–H groups in total. The van der Waals surface area contributed by atoms with E-state index in [2.05, 4.69) is 47.8 Å². The van der Waals surface area contributed by atoms with Crippen LogP contribution in [0.25, 0.3) is 0 Å². The van der Waals surface area contributed by atoms with Crippen molar-refractivity contribution in [3.05, 3.63) is 26.6 Å². The summed E-state index contributed by atoms with van der Waals surface area (Å²) in [6.45, 7) is 2.97. The number of esters is 1. The third-order valence-corrected chi connectivity index (χ3v) is 7.37. The molecule has 0 heterocycles. The van der Waals surface area contributed by atoms with E-state index in [4.69, 9.17) is 4.74 Å². The van der Waals surface area contributed by atoms with E-state index in [1.54, 1.807) is 0 Å². The van der Waals surface area contributed by atoms with Gasteiger partial charge in [0.1, 0.15) is 6.04 Å². The lowest BCUT2D eigenvalue weighted by atomic mass is 9.89. The molecule has 7 nitrogen and oxygen atoms in total. The fourth-order valence-electron chi connectivity index (χ4n) is 3.71. The van der Waals surface area contributed by atoms with Gasteiger partial charge in [-0.25, -0.2) is 4.79 Å². The van der Waals surface area contributed by atoms with E-state index >= 15 is 0 Å². The number of ether oxygens (including phenoxy) is 1. The fraction of sp³-hybridized carbons (Fsp3) is 0.591. The molecule has 1 saturated carbocycles. The van der Waals surface area contributed by atoms with Gasteiger partial charge in [0, 0.05) is 28.2 Å². The summed E-state index contributed by atoms with van der Waals surface area (Å²) < 4.78 is 6.43. The second-order valence-corrected chi connectivity index (χ2v) is 10.7. The number of rotatable bonds is 11. The smallest absolute Gasteiger partial charge is 0.329 e. The molecule has 1 aliphatic rings. The van der Waals surface area contributed by atoms with Crippen molar-refractivity contribution in [1.29, 1.82) is 0 Å². The number of carbonyl (C=O) groups excluding carboxylic acids is 3. The normalized spacial score (nSPS) is 15.1. The molecule has 32 heavy (non-hydrogen) atoms. The van der Waals surface area contributed by atoms with E-state index < -0.39 is 12.0 Å². The van der Waals surface area contributed by atoms with Crippen molar-refractivity contribution in [2.45, 2.75) is 51.6 Å². The lowest BCUT2D eigenvalue weighted by Crippen LogP contribution is -2.42. The quantitative estimate of drug-likeness (QED) is 0.333. The summed E-state index contributed by atoms with van der Waals surface area (Å²) in [6.07, 6.45) is 6.52. The Balaban J connectivity index is 1.91. The van der Waals surface area contributed by atoms with Gasteiger partial charge in [-0.2, -0.15) is 0 Å². The highest BCUT2D eigenvalue weighted by Crippen LogP contribution is 2.31. The number of benzene rings is 1. The Morgan fingerprint density at radius 2 is 1.91 bits per heavy atom. The zero-order valence-corrected chi connectivity index (χ0v) is 22.5. The molecule has 1 aliphatic carbocycles. The van der Waals surface area contributed by atoms with E-state index in [9.17, 15) is 14.4 Å². The first kappa shape index (κ1) is 27.1. The Kier molecular flexibility index (Phi) is 12.1. The predicted molar refractivity (Wildman–Crippen MR) is 136 cm³/mol. The van der Waals surface area contributed by atoms with Crippen LogP contribution in [0.3, 0.4) is 0 Å². The molecule has 178 valence electrons. The molecule has 0 aliphatic heterocycles. The zero-order valence-electron chi connectivity index (χ0n) is 18.5. The molecule has 0 aromatic heterocycles. The maximum absolute atomic E-state index is 12.6. The van der Waals surface area contributed by atoms with Gasteiger partial charge >= 0.3 is 5.97 Å². The molecular weight excluding hydrogens is 562 g/mol. The van der Waals surface area contributed by atoms with Crippen molar-refractivity contribution < 1.29 is 19.1 Å².